The van der Waals surface area contributed by atoms with Crippen LogP contribution in [-0.2, 0) is 9.53 Å². The Bertz CT molecular complexity index is 166. The highest BCUT2D eigenvalue weighted by Crippen LogP contribution is 2.12. The third-order valence-corrected chi connectivity index (χ3v) is 1.40. The highest BCUT2D eigenvalue weighted by Gasteiger charge is 2.35. The summed E-state index contributed by atoms with van der Waals surface area (Å²) in [4.78, 5) is 11.0. The molecule has 1 unspecified atom stereocenters. The van der Waals surface area contributed by atoms with Crippen LogP contribution in [0.2, 0.25) is 0 Å². The molecular formula is C8H14O4. The van der Waals surface area contributed by atoms with E-state index in [0.29, 0.717) is 0 Å². The highest BCUT2D eigenvalue weighted by molar-refractivity contribution is 5.79. The molecule has 0 aromatic rings. The number of hydrogen-bond acceptors (Lipinski definition) is 4. The molecule has 0 aliphatic rings. The average Bonchev–Trinajstić information content (AvgIpc) is 2.05. The van der Waals surface area contributed by atoms with Crippen molar-refractivity contribution >= 4 is 5.97 Å². The van der Waals surface area contributed by atoms with Gasteiger partial charge in [0.2, 0.25) is 0 Å². The summed E-state index contributed by atoms with van der Waals surface area (Å²) < 4.78 is 4.55. The Hall–Kier alpha value is -0.870. The molecule has 0 bridgehead atoms. The topological polar surface area (TPSA) is 66.8 Å². The first-order chi connectivity index (χ1) is 5.60. The monoisotopic (exact) mass is 174 g/mol. The molecule has 2 N–H and O–H groups in total. The number of rotatable bonds is 5. The highest BCUT2D eigenvalue weighted by atomic mass is 16.6. The molecule has 0 spiro atoms. The smallest absolute Gasteiger partial charge is 0.340 e. The lowest BCUT2D eigenvalue weighted by Gasteiger charge is -2.21. The summed E-state index contributed by atoms with van der Waals surface area (Å²) in [6.07, 6.45) is 1.34. The second-order valence-corrected chi connectivity index (χ2v) is 2.40. The lowest BCUT2D eigenvalue weighted by Crippen LogP contribution is -2.43. The number of carbonyl (C=O) groups excluding carboxylic acids is 1. The number of ether oxygens (including phenoxy) is 1. The first kappa shape index (κ1) is 11.1. The van der Waals surface area contributed by atoms with E-state index in [1.165, 1.54) is 6.08 Å². The van der Waals surface area contributed by atoms with Crippen LogP contribution >= 0.6 is 0 Å². The molecule has 0 heterocycles. The van der Waals surface area contributed by atoms with Crippen molar-refractivity contribution in [3.05, 3.63) is 12.7 Å². The number of hydrogen-bond donors (Lipinski definition) is 2. The molecule has 4 heteroatoms. The Labute approximate surface area is 71.5 Å². The predicted molar refractivity (Wildman–Crippen MR) is 43.5 cm³/mol. The normalized spacial score (nSPS) is 14.9. The van der Waals surface area contributed by atoms with Crippen LogP contribution in [0.4, 0.5) is 0 Å². The van der Waals surface area contributed by atoms with E-state index in [4.69, 9.17) is 5.11 Å². The minimum absolute atomic E-state index is 0.0116. The first-order valence-corrected chi connectivity index (χ1v) is 3.72. The van der Waals surface area contributed by atoms with Crippen molar-refractivity contribution < 1.29 is 19.7 Å². The minimum Gasteiger partial charge on any atom is -0.464 e. The molecule has 0 saturated heterocycles. The Morgan fingerprint density at radius 1 is 1.75 bits per heavy atom. The quantitative estimate of drug-likeness (QED) is 0.449. The van der Waals surface area contributed by atoms with Crippen LogP contribution in [0.1, 0.15) is 13.3 Å². The van der Waals surface area contributed by atoms with Gasteiger partial charge in [-0.15, -0.1) is 6.58 Å². The largest absolute Gasteiger partial charge is 0.464 e. The van der Waals surface area contributed by atoms with Gasteiger partial charge in [-0.25, -0.2) is 4.79 Å². The number of carbonyl (C=O) groups is 1. The summed E-state index contributed by atoms with van der Waals surface area (Å²) in [5, 5.41) is 18.1. The van der Waals surface area contributed by atoms with E-state index < -0.39 is 18.2 Å². The average molecular weight is 174 g/mol. The van der Waals surface area contributed by atoms with Gasteiger partial charge >= 0.3 is 5.97 Å². The number of aliphatic hydroxyl groups is 2. The maximum atomic E-state index is 11.0. The van der Waals surface area contributed by atoms with Crippen LogP contribution in [0, 0.1) is 0 Å². The van der Waals surface area contributed by atoms with E-state index in [-0.39, 0.29) is 13.0 Å². The summed E-state index contributed by atoms with van der Waals surface area (Å²) >= 11 is 0. The third kappa shape index (κ3) is 2.64. The molecule has 0 fully saturated rings. The Morgan fingerprint density at radius 3 is 2.67 bits per heavy atom. The molecule has 1 atom stereocenters. The third-order valence-electron chi connectivity index (χ3n) is 1.40. The van der Waals surface area contributed by atoms with Gasteiger partial charge in [-0.3, -0.25) is 0 Å². The van der Waals surface area contributed by atoms with Crippen molar-refractivity contribution in [3.8, 4) is 0 Å². The summed E-state index contributed by atoms with van der Waals surface area (Å²) in [5.41, 5.74) is -1.82. The number of aliphatic hydroxyl groups excluding tert-OH is 1. The molecule has 12 heavy (non-hydrogen) atoms. The van der Waals surface area contributed by atoms with Gasteiger partial charge in [-0.1, -0.05) is 6.08 Å². The van der Waals surface area contributed by atoms with E-state index in [1.54, 1.807) is 6.92 Å². The summed E-state index contributed by atoms with van der Waals surface area (Å²) in [5.74, 6) is -0.813. The minimum atomic E-state index is -1.82. The molecule has 4 nitrogen and oxygen atoms in total. The zero-order chi connectivity index (χ0) is 9.61. The van der Waals surface area contributed by atoms with E-state index in [0.717, 1.165) is 0 Å². The maximum absolute atomic E-state index is 11.0. The van der Waals surface area contributed by atoms with Crippen LogP contribution in [0.3, 0.4) is 0 Å². The van der Waals surface area contributed by atoms with Crippen molar-refractivity contribution in [1.82, 2.24) is 0 Å². The van der Waals surface area contributed by atoms with E-state index in [2.05, 4.69) is 11.3 Å². The molecule has 0 aliphatic carbocycles. The predicted octanol–water partition coefficient (Wildman–Crippen LogP) is -0.151. The zero-order valence-corrected chi connectivity index (χ0v) is 7.12. The zero-order valence-electron chi connectivity index (χ0n) is 7.12. The van der Waals surface area contributed by atoms with Gasteiger partial charge in [0, 0.05) is 6.42 Å². The molecule has 0 rings (SSSR count). The van der Waals surface area contributed by atoms with E-state index in [1.807, 2.05) is 0 Å². The van der Waals surface area contributed by atoms with Crippen molar-refractivity contribution in [2.45, 2.75) is 18.9 Å². The summed E-state index contributed by atoms with van der Waals surface area (Å²) in [6.45, 7) is 4.51. The fourth-order valence-corrected chi connectivity index (χ4v) is 0.717. The van der Waals surface area contributed by atoms with E-state index in [9.17, 15) is 9.90 Å². The van der Waals surface area contributed by atoms with Gasteiger partial charge in [0.1, 0.15) is 0 Å². The van der Waals surface area contributed by atoms with E-state index >= 15 is 0 Å². The van der Waals surface area contributed by atoms with Crippen molar-refractivity contribution in [2.24, 2.45) is 0 Å². The number of esters is 1. The van der Waals surface area contributed by atoms with Crippen LogP contribution in [0.15, 0.2) is 12.7 Å². The van der Waals surface area contributed by atoms with Crippen LogP contribution in [0.25, 0.3) is 0 Å². The molecule has 0 saturated carbocycles. The van der Waals surface area contributed by atoms with Gasteiger partial charge in [-0.2, -0.15) is 0 Å². The van der Waals surface area contributed by atoms with Crippen LogP contribution in [0.5, 0.6) is 0 Å². The molecule has 70 valence electrons. The summed E-state index contributed by atoms with van der Waals surface area (Å²) in [7, 11) is 0. The van der Waals surface area contributed by atoms with Crippen molar-refractivity contribution in [1.29, 1.82) is 0 Å². The van der Waals surface area contributed by atoms with Crippen LogP contribution in [-0.4, -0.2) is 35.0 Å². The van der Waals surface area contributed by atoms with Crippen molar-refractivity contribution in [2.75, 3.05) is 13.2 Å². The fraction of sp³-hybridized carbons (Fsp3) is 0.625. The van der Waals surface area contributed by atoms with Gasteiger partial charge in [0.15, 0.2) is 5.60 Å². The Balaban J connectivity index is 4.28. The molecule has 0 amide bonds. The molecule has 0 aliphatic heterocycles. The van der Waals surface area contributed by atoms with Gasteiger partial charge in [0.25, 0.3) is 0 Å². The maximum Gasteiger partial charge on any atom is 0.340 e. The molecular weight excluding hydrogens is 160 g/mol. The lowest BCUT2D eigenvalue weighted by molar-refractivity contribution is -0.168. The molecule has 0 radical (unpaired) electrons. The Kier molecular flexibility index (Phi) is 4.54. The molecule has 0 aromatic heterocycles. The fourth-order valence-electron chi connectivity index (χ4n) is 0.717. The SMILES string of the molecule is C=CCC(O)(CO)C(=O)OCC. The first-order valence-electron chi connectivity index (χ1n) is 3.72. The second kappa shape index (κ2) is 4.90. The molecule has 0 aromatic carbocycles. The van der Waals surface area contributed by atoms with Gasteiger partial charge < -0.3 is 14.9 Å². The standard InChI is InChI=1S/C8H14O4/c1-3-5-8(11,6-9)7(10)12-4-2/h3,9,11H,1,4-6H2,2H3. The van der Waals surface area contributed by atoms with Crippen LogP contribution < -0.4 is 0 Å². The van der Waals surface area contributed by atoms with Gasteiger partial charge in [-0.05, 0) is 6.92 Å². The second-order valence-electron chi connectivity index (χ2n) is 2.40. The summed E-state index contributed by atoms with van der Waals surface area (Å²) in [6, 6.07) is 0. The van der Waals surface area contributed by atoms with Crippen molar-refractivity contribution in [3.63, 3.8) is 0 Å². The lowest BCUT2D eigenvalue weighted by atomic mass is 10.0. The van der Waals surface area contributed by atoms with Gasteiger partial charge in [0.05, 0.1) is 13.2 Å². The Morgan fingerprint density at radius 2 is 2.33 bits per heavy atom.